The van der Waals surface area contributed by atoms with Gasteiger partial charge in [-0.1, -0.05) is 0 Å². The van der Waals surface area contributed by atoms with Crippen LogP contribution in [0.25, 0.3) is 0 Å². The summed E-state index contributed by atoms with van der Waals surface area (Å²) >= 11 is 0. The number of benzene rings is 1. The van der Waals surface area contributed by atoms with Gasteiger partial charge in [-0.15, -0.1) is 0 Å². The molecule has 0 radical (unpaired) electrons. The monoisotopic (exact) mass is 244 g/mol. The molecule has 8 heteroatoms. The van der Waals surface area contributed by atoms with Gasteiger partial charge in [0.1, 0.15) is 0 Å². The Bertz CT molecular complexity index is 532. The van der Waals surface area contributed by atoms with Crippen LogP contribution >= 0.6 is 0 Å². The molecule has 2 amide bonds. The molecule has 86 valence electrons. The van der Waals surface area contributed by atoms with E-state index in [1.807, 2.05) is 0 Å². The highest BCUT2D eigenvalue weighted by atomic mass is 32.2. The predicted molar refractivity (Wildman–Crippen MR) is 53.3 cm³/mol. The maximum absolute atomic E-state index is 10.8. The van der Waals surface area contributed by atoms with Gasteiger partial charge in [0, 0.05) is 11.1 Å². The van der Waals surface area contributed by atoms with Gasteiger partial charge in [-0.05, 0) is 18.2 Å². The molecule has 0 spiro atoms. The number of carbonyl (C=O) groups is 2. The van der Waals surface area contributed by atoms with Crippen LogP contribution in [-0.2, 0) is 10.1 Å². The first-order valence-corrected chi connectivity index (χ1v) is 5.38. The SMILES string of the molecule is NC(=O)c1cc(C(N)=O)cc(S(=O)(=O)O)c1. The lowest BCUT2D eigenvalue weighted by Gasteiger charge is -2.03. The van der Waals surface area contributed by atoms with E-state index in [0.717, 1.165) is 18.2 Å². The van der Waals surface area contributed by atoms with Crippen LogP contribution in [0.2, 0.25) is 0 Å². The van der Waals surface area contributed by atoms with Gasteiger partial charge >= 0.3 is 0 Å². The third-order valence-electron chi connectivity index (χ3n) is 1.77. The lowest BCUT2D eigenvalue weighted by atomic mass is 10.1. The van der Waals surface area contributed by atoms with Crippen LogP contribution in [0.5, 0.6) is 0 Å². The van der Waals surface area contributed by atoms with Gasteiger partial charge in [0.2, 0.25) is 11.8 Å². The second kappa shape index (κ2) is 3.91. The molecule has 0 saturated carbocycles. The zero-order valence-electron chi connectivity index (χ0n) is 7.88. The molecule has 0 fully saturated rings. The minimum absolute atomic E-state index is 0.232. The maximum atomic E-state index is 10.8. The van der Waals surface area contributed by atoms with Gasteiger partial charge in [-0.3, -0.25) is 14.1 Å². The zero-order valence-corrected chi connectivity index (χ0v) is 8.69. The van der Waals surface area contributed by atoms with Crippen LogP contribution in [-0.4, -0.2) is 24.8 Å². The lowest BCUT2D eigenvalue weighted by molar-refractivity contribution is 0.0999. The number of rotatable bonds is 3. The minimum Gasteiger partial charge on any atom is -0.366 e. The molecule has 0 aliphatic carbocycles. The van der Waals surface area contributed by atoms with Gasteiger partial charge < -0.3 is 11.5 Å². The van der Waals surface area contributed by atoms with E-state index in [4.69, 9.17) is 16.0 Å². The van der Waals surface area contributed by atoms with Crippen LogP contribution in [0.1, 0.15) is 20.7 Å². The summed E-state index contributed by atoms with van der Waals surface area (Å²) in [5.41, 5.74) is 9.39. The fourth-order valence-electron chi connectivity index (χ4n) is 1.03. The standard InChI is InChI=1S/C8H8N2O5S/c9-7(11)4-1-5(8(10)12)3-6(2-4)16(13,14)15/h1-3H,(H2,9,11)(H2,10,12)(H,13,14,15). The largest absolute Gasteiger partial charge is 0.366 e. The van der Waals surface area contributed by atoms with E-state index in [2.05, 4.69) is 0 Å². The fourth-order valence-corrected chi connectivity index (χ4v) is 1.58. The van der Waals surface area contributed by atoms with Crippen molar-refractivity contribution in [3.63, 3.8) is 0 Å². The van der Waals surface area contributed by atoms with Crippen molar-refractivity contribution in [3.05, 3.63) is 29.3 Å². The highest BCUT2D eigenvalue weighted by Crippen LogP contribution is 2.14. The van der Waals surface area contributed by atoms with Crippen LogP contribution in [0.4, 0.5) is 0 Å². The second-order valence-corrected chi connectivity index (χ2v) is 4.37. The van der Waals surface area contributed by atoms with Gasteiger partial charge in [0.25, 0.3) is 10.1 Å². The molecule has 0 aliphatic rings. The Morgan fingerprint density at radius 2 is 1.38 bits per heavy atom. The maximum Gasteiger partial charge on any atom is 0.294 e. The Morgan fingerprint density at radius 3 is 1.62 bits per heavy atom. The van der Waals surface area contributed by atoms with Crippen molar-refractivity contribution < 1.29 is 22.6 Å². The van der Waals surface area contributed by atoms with Crippen LogP contribution < -0.4 is 11.5 Å². The molecule has 1 aromatic rings. The molecule has 0 bridgehead atoms. The lowest BCUT2D eigenvalue weighted by Crippen LogP contribution is -2.17. The van der Waals surface area contributed by atoms with E-state index in [9.17, 15) is 18.0 Å². The molecule has 0 aliphatic heterocycles. The average molecular weight is 244 g/mol. The number of hydrogen-bond donors (Lipinski definition) is 3. The molecule has 0 heterocycles. The van der Waals surface area contributed by atoms with Crippen LogP contribution in [0, 0.1) is 0 Å². The quantitative estimate of drug-likeness (QED) is 0.593. The van der Waals surface area contributed by atoms with Crippen LogP contribution in [0.15, 0.2) is 23.1 Å². The second-order valence-electron chi connectivity index (χ2n) is 2.95. The summed E-state index contributed by atoms with van der Waals surface area (Å²) in [4.78, 5) is 21.1. The van der Waals surface area contributed by atoms with Gasteiger partial charge in [0.05, 0.1) is 4.90 Å². The smallest absolute Gasteiger partial charge is 0.294 e. The van der Waals surface area contributed by atoms with Crippen molar-refractivity contribution in [2.75, 3.05) is 0 Å². The number of carbonyl (C=O) groups excluding carboxylic acids is 2. The van der Waals surface area contributed by atoms with Crippen molar-refractivity contribution in [2.24, 2.45) is 11.5 Å². The van der Waals surface area contributed by atoms with Gasteiger partial charge in [-0.2, -0.15) is 8.42 Å². The van der Waals surface area contributed by atoms with E-state index in [1.54, 1.807) is 0 Å². The van der Waals surface area contributed by atoms with E-state index in [1.165, 1.54) is 0 Å². The van der Waals surface area contributed by atoms with E-state index >= 15 is 0 Å². The molecule has 0 atom stereocenters. The van der Waals surface area contributed by atoms with Crippen LogP contribution in [0.3, 0.4) is 0 Å². The summed E-state index contributed by atoms with van der Waals surface area (Å²) in [6, 6.07) is 2.74. The first-order valence-electron chi connectivity index (χ1n) is 3.94. The first kappa shape index (κ1) is 12.1. The third kappa shape index (κ3) is 2.55. The zero-order chi connectivity index (χ0) is 12.5. The Morgan fingerprint density at radius 1 is 1.00 bits per heavy atom. The minimum atomic E-state index is -4.53. The van der Waals surface area contributed by atoms with Crippen molar-refractivity contribution in [2.45, 2.75) is 4.90 Å². The molecular formula is C8H8N2O5S. The number of nitrogens with two attached hydrogens (primary N) is 2. The van der Waals surface area contributed by atoms with E-state index in [0.29, 0.717) is 0 Å². The topological polar surface area (TPSA) is 141 Å². The van der Waals surface area contributed by atoms with Crippen molar-refractivity contribution in [1.82, 2.24) is 0 Å². The Kier molecular flexibility index (Phi) is 2.97. The molecule has 16 heavy (non-hydrogen) atoms. The highest BCUT2D eigenvalue weighted by molar-refractivity contribution is 7.85. The summed E-state index contributed by atoms with van der Waals surface area (Å²) in [7, 11) is -4.53. The van der Waals surface area contributed by atoms with Gasteiger partial charge in [0.15, 0.2) is 0 Å². The number of hydrogen-bond acceptors (Lipinski definition) is 4. The average Bonchev–Trinajstić information content (AvgIpc) is 2.15. The summed E-state index contributed by atoms with van der Waals surface area (Å²) in [6.07, 6.45) is 0. The molecule has 0 aromatic heterocycles. The van der Waals surface area contributed by atoms with Crippen molar-refractivity contribution in [1.29, 1.82) is 0 Å². The summed E-state index contributed by atoms with van der Waals surface area (Å²) < 4.78 is 30.4. The first-order chi connectivity index (χ1) is 7.21. The molecule has 1 rings (SSSR count). The Labute approximate surface area is 90.8 Å². The molecule has 0 unspecified atom stereocenters. The normalized spacial score (nSPS) is 11.1. The molecule has 5 N–H and O–H groups in total. The molecular weight excluding hydrogens is 236 g/mol. The fraction of sp³-hybridized carbons (Fsp3) is 0. The van der Waals surface area contributed by atoms with Crippen molar-refractivity contribution in [3.8, 4) is 0 Å². The molecule has 7 nitrogen and oxygen atoms in total. The number of primary amides is 2. The summed E-state index contributed by atoms with van der Waals surface area (Å²) in [6.45, 7) is 0. The van der Waals surface area contributed by atoms with Crippen molar-refractivity contribution >= 4 is 21.9 Å². The Hall–Kier alpha value is -1.93. The summed E-state index contributed by atoms with van der Waals surface area (Å²) in [5.74, 6) is -1.87. The van der Waals surface area contributed by atoms with E-state index < -0.39 is 26.8 Å². The molecule has 0 saturated heterocycles. The number of amides is 2. The Balaban J connectivity index is 3.54. The predicted octanol–water partition coefficient (Wildman–Crippen LogP) is -0.869. The van der Waals surface area contributed by atoms with E-state index in [-0.39, 0.29) is 11.1 Å². The summed E-state index contributed by atoms with van der Waals surface area (Å²) in [5, 5.41) is 0. The third-order valence-corrected chi connectivity index (χ3v) is 2.60. The highest BCUT2D eigenvalue weighted by Gasteiger charge is 2.16. The molecule has 1 aromatic carbocycles. The van der Waals surface area contributed by atoms with Gasteiger partial charge in [-0.25, -0.2) is 0 Å².